The molecular weight excluding hydrogens is 673 g/mol. The average molecular weight is 720 g/mol. The molecule has 1 atom stereocenters. The van der Waals surface area contributed by atoms with Crippen LogP contribution in [0.3, 0.4) is 0 Å². The highest BCUT2D eigenvalue weighted by Crippen LogP contribution is 2.50. The molecule has 2 aromatic heterocycles. The summed E-state index contributed by atoms with van der Waals surface area (Å²) in [4.78, 5) is 10.7. The topological polar surface area (TPSA) is 49.2 Å². The normalized spacial score (nSPS) is 20.0. The number of hydrogen-bond acceptors (Lipinski definition) is 4. The lowest BCUT2D eigenvalue weighted by atomic mass is 9.67. The van der Waals surface area contributed by atoms with Crippen molar-refractivity contribution in [3.63, 3.8) is 0 Å². The van der Waals surface area contributed by atoms with Crippen LogP contribution in [-0.4, -0.2) is 32.9 Å². The van der Waals surface area contributed by atoms with Crippen LogP contribution in [0.15, 0.2) is 121 Å². The fourth-order valence-electron chi connectivity index (χ4n) is 9.13. The lowest BCUT2D eigenvalue weighted by Crippen LogP contribution is -2.41. The van der Waals surface area contributed by atoms with E-state index in [-0.39, 0.29) is 18.4 Å². The summed E-state index contributed by atoms with van der Waals surface area (Å²) in [7, 11) is -0.332. The maximum atomic E-state index is 6.54. The predicted octanol–water partition coefficient (Wildman–Crippen LogP) is 11.8. The second kappa shape index (κ2) is 12.4. The largest absolute Gasteiger partial charge is 0.465 e. The highest BCUT2D eigenvalue weighted by atomic mass is 16.7. The van der Waals surface area contributed by atoms with E-state index in [0.29, 0.717) is 0 Å². The van der Waals surface area contributed by atoms with E-state index in [9.17, 15) is 0 Å². The number of fused-ring (bicyclic) bond motifs is 6. The Hall–Kier alpha value is -5.30. The van der Waals surface area contributed by atoms with E-state index in [1.165, 1.54) is 50.1 Å². The van der Waals surface area contributed by atoms with Crippen LogP contribution < -0.4 is 0 Å². The first kappa shape index (κ1) is 34.2. The standard InChI is InChI=1S/C49H46BN3O2/c1-47(2)40-21-12-10-19-36(40)37-25-23-32(29-41(37)47)43-30-42(31-15-14-16-34(27-31)50-54-48(3,4)49(5,6)55-50)51-46(52-43)33-24-26-45-39(28-33)38-20-11-13-22-44(38)53(45)35-17-8-7-9-18-35/h7-12,14-21,23-26,28-30,34H,13,22,27H2,1-6H3. The molecule has 4 aromatic carbocycles. The van der Waals surface area contributed by atoms with Gasteiger partial charge in [0.15, 0.2) is 5.82 Å². The molecule has 1 saturated heterocycles. The van der Waals surface area contributed by atoms with E-state index in [0.717, 1.165) is 53.2 Å². The first-order valence-corrected chi connectivity index (χ1v) is 19.8. The van der Waals surface area contributed by atoms with E-state index < -0.39 is 11.2 Å². The van der Waals surface area contributed by atoms with Crippen molar-refractivity contribution < 1.29 is 9.31 Å². The zero-order valence-electron chi connectivity index (χ0n) is 32.6. The zero-order chi connectivity index (χ0) is 37.7. The van der Waals surface area contributed by atoms with Crippen LogP contribution in [-0.2, 0) is 21.1 Å². The average Bonchev–Trinajstić information content (AvgIpc) is 3.74. The van der Waals surface area contributed by atoms with E-state index in [1.807, 2.05) is 0 Å². The first-order valence-electron chi connectivity index (χ1n) is 19.8. The minimum atomic E-state index is -0.393. The third-order valence-corrected chi connectivity index (χ3v) is 12.9. The Labute approximate surface area is 324 Å². The molecule has 4 aliphatic rings. The van der Waals surface area contributed by atoms with Crippen molar-refractivity contribution in [3.8, 4) is 39.5 Å². The summed E-state index contributed by atoms with van der Waals surface area (Å²) in [5.74, 6) is 0.788. The summed E-state index contributed by atoms with van der Waals surface area (Å²) in [5.41, 5.74) is 14.5. The molecule has 55 heavy (non-hydrogen) atoms. The van der Waals surface area contributed by atoms with Crippen LogP contribution in [0.25, 0.3) is 62.0 Å². The highest BCUT2D eigenvalue weighted by molar-refractivity contribution is 6.48. The molecule has 10 rings (SSSR count). The van der Waals surface area contributed by atoms with Gasteiger partial charge in [0.25, 0.3) is 0 Å². The highest BCUT2D eigenvalue weighted by Gasteiger charge is 2.53. The van der Waals surface area contributed by atoms with Crippen molar-refractivity contribution in [2.45, 2.75) is 83.2 Å². The smallest absolute Gasteiger partial charge is 0.403 e. The van der Waals surface area contributed by atoms with Crippen LogP contribution in [0, 0.1) is 0 Å². The fourth-order valence-corrected chi connectivity index (χ4v) is 9.13. The van der Waals surface area contributed by atoms with Crippen LogP contribution in [0.2, 0.25) is 5.82 Å². The van der Waals surface area contributed by atoms with Gasteiger partial charge < -0.3 is 13.9 Å². The fraction of sp³-hybridized carbons (Fsp3) is 0.265. The lowest BCUT2D eigenvalue weighted by Gasteiger charge is -2.32. The van der Waals surface area contributed by atoms with Gasteiger partial charge in [0.05, 0.1) is 28.1 Å². The molecule has 3 heterocycles. The van der Waals surface area contributed by atoms with Crippen molar-refractivity contribution in [2.24, 2.45) is 0 Å². The molecule has 6 aromatic rings. The number of allylic oxidation sites excluding steroid dienone is 5. The lowest BCUT2D eigenvalue weighted by molar-refractivity contribution is 0.00578. The molecule has 0 radical (unpaired) electrons. The van der Waals surface area contributed by atoms with E-state index in [2.05, 4.69) is 174 Å². The summed E-state index contributed by atoms with van der Waals surface area (Å²) in [6, 6.07) is 35.3. The van der Waals surface area contributed by atoms with E-state index >= 15 is 0 Å². The molecule has 1 fully saturated rings. The maximum Gasteiger partial charge on any atom is 0.465 e. The van der Waals surface area contributed by atoms with Crippen LogP contribution in [0.5, 0.6) is 0 Å². The van der Waals surface area contributed by atoms with Gasteiger partial charge in [0, 0.05) is 44.7 Å². The summed E-state index contributed by atoms with van der Waals surface area (Å²) in [6.07, 6.45) is 14.0. The Kier molecular flexibility index (Phi) is 7.69. The van der Waals surface area contributed by atoms with Gasteiger partial charge in [-0.3, -0.25) is 0 Å². The minimum Gasteiger partial charge on any atom is -0.403 e. The van der Waals surface area contributed by atoms with Gasteiger partial charge in [-0.05, 0) is 117 Å². The number of aromatic nitrogens is 3. The van der Waals surface area contributed by atoms with Gasteiger partial charge in [-0.15, -0.1) is 0 Å². The van der Waals surface area contributed by atoms with Crippen molar-refractivity contribution in [1.82, 2.24) is 14.5 Å². The summed E-state index contributed by atoms with van der Waals surface area (Å²) >= 11 is 0. The molecule has 0 saturated carbocycles. The van der Waals surface area contributed by atoms with Crippen LogP contribution >= 0.6 is 0 Å². The molecule has 1 aliphatic heterocycles. The number of rotatable bonds is 5. The van der Waals surface area contributed by atoms with Crippen molar-refractivity contribution in [3.05, 3.63) is 149 Å². The third kappa shape index (κ3) is 5.44. The Morgan fingerprint density at radius 1 is 0.727 bits per heavy atom. The van der Waals surface area contributed by atoms with Gasteiger partial charge in [-0.25, -0.2) is 9.97 Å². The van der Waals surface area contributed by atoms with E-state index in [4.69, 9.17) is 19.3 Å². The minimum absolute atomic E-state index is 0.0645. The number of benzene rings is 4. The quantitative estimate of drug-likeness (QED) is 0.166. The number of para-hydroxylation sites is 1. The predicted molar refractivity (Wildman–Crippen MR) is 226 cm³/mol. The molecule has 5 nitrogen and oxygen atoms in total. The summed E-state index contributed by atoms with van der Waals surface area (Å²) in [6.45, 7) is 13.1. The first-order chi connectivity index (χ1) is 26.5. The Morgan fingerprint density at radius 3 is 2.27 bits per heavy atom. The van der Waals surface area contributed by atoms with Gasteiger partial charge in [-0.2, -0.15) is 0 Å². The molecule has 3 aliphatic carbocycles. The molecule has 272 valence electrons. The number of hydrogen-bond donors (Lipinski definition) is 0. The van der Waals surface area contributed by atoms with Gasteiger partial charge in [0.2, 0.25) is 0 Å². The molecule has 0 bridgehead atoms. The Morgan fingerprint density at radius 2 is 1.45 bits per heavy atom. The molecule has 0 spiro atoms. The SMILES string of the molecule is CC1(C)c2ccccc2-c2ccc(-c3cc(C4=CC=CC(B5OC(C)(C)C(C)(C)O5)C4)nc(-c4ccc5c(c4)c4c(n5-c5ccccc5)CCC=C4)n3)cc21. The molecule has 6 heteroatoms. The number of nitrogens with zero attached hydrogens (tertiary/aromatic N) is 3. The molecule has 0 amide bonds. The summed E-state index contributed by atoms with van der Waals surface area (Å²) in [5, 5.41) is 1.22. The van der Waals surface area contributed by atoms with Crippen LogP contribution in [0.1, 0.15) is 82.5 Å². The van der Waals surface area contributed by atoms with E-state index in [1.54, 1.807) is 0 Å². The second-order valence-electron chi connectivity index (χ2n) is 17.2. The Bertz CT molecular complexity index is 2610. The zero-order valence-corrected chi connectivity index (χ0v) is 32.6. The van der Waals surface area contributed by atoms with Crippen molar-refractivity contribution >= 4 is 29.7 Å². The van der Waals surface area contributed by atoms with Crippen molar-refractivity contribution in [1.29, 1.82) is 0 Å². The second-order valence-corrected chi connectivity index (χ2v) is 17.2. The van der Waals surface area contributed by atoms with Crippen LogP contribution in [0.4, 0.5) is 0 Å². The molecule has 0 N–H and O–H groups in total. The van der Waals surface area contributed by atoms with Gasteiger partial charge in [0.1, 0.15) is 0 Å². The Balaban J connectivity index is 1.11. The summed E-state index contributed by atoms with van der Waals surface area (Å²) < 4.78 is 15.5. The third-order valence-electron chi connectivity index (χ3n) is 12.9. The monoisotopic (exact) mass is 719 g/mol. The molecule has 1 unspecified atom stereocenters. The van der Waals surface area contributed by atoms with Gasteiger partial charge in [-0.1, -0.05) is 98.8 Å². The maximum absolute atomic E-state index is 6.54. The molecular formula is C49H46BN3O2. The van der Waals surface area contributed by atoms with Crippen molar-refractivity contribution in [2.75, 3.05) is 0 Å². The van der Waals surface area contributed by atoms with Gasteiger partial charge >= 0.3 is 7.12 Å².